The molecule has 1 N–H and O–H groups in total. The van der Waals surface area contributed by atoms with Crippen LogP contribution >= 0.6 is 0 Å². The third-order valence-electron chi connectivity index (χ3n) is 4.21. The molecule has 0 atom stereocenters. The molecule has 0 fully saturated rings. The van der Waals surface area contributed by atoms with Crippen molar-refractivity contribution in [2.45, 2.75) is 13.3 Å². The van der Waals surface area contributed by atoms with Crippen LogP contribution < -0.4 is 15.0 Å². The highest BCUT2D eigenvalue weighted by Gasteiger charge is 2.20. The number of ether oxygens (including phenoxy) is 1. The number of aromatic nitrogens is 2. The smallest absolute Gasteiger partial charge is 0.410 e. The highest BCUT2D eigenvalue weighted by atomic mass is 19.1. The summed E-state index contributed by atoms with van der Waals surface area (Å²) in [6.07, 6.45) is -0.106. The molecule has 3 aromatic rings. The van der Waals surface area contributed by atoms with Gasteiger partial charge < -0.3 is 10.1 Å². The average Bonchev–Trinajstić information content (AvgIpc) is 3.13. The lowest BCUT2D eigenvalue weighted by Crippen LogP contribution is -2.31. The van der Waals surface area contributed by atoms with Gasteiger partial charge in [-0.05, 0) is 43.3 Å². The Morgan fingerprint density at radius 3 is 2.59 bits per heavy atom. The average molecular weight is 392 g/mol. The molecule has 0 saturated heterocycles. The Morgan fingerprint density at radius 2 is 1.86 bits per heavy atom. The van der Waals surface area contributed by atoms with Crippen LogP contribution in [0.1, 0.15) is 13.3 Å². The monoisotopic (exact) mass is 392 g/mol. The zero-order valence-electron chi connectivity index (χ0n) is 15.8. The van der Waals surface area contributed by atoms with Gasteiger partial charge in [0.05, 0.1) is 5.52 Å². The predicted molar refractivity (Wildman–Crippen MR) is 109 cm³/mol. The number of para-hydroxylation sites is 1. The number of amides is 1. The zero-order valence-corrected chi connectivity index (χ0v) is 15.8. The number of nitrogens with zero attached hydrogens (tertiary/aromatic N) is 5. The second kappa shape index (κ2) is 7.63. The normalized spacial score (nSPS) is 13.1. The van der Waals surface area contributed by atoms with Crippen molar-refractivity contribution < 1.29 is 13.9 Å². The van der Waals surface area contributed by atoms with Gasteiger partial charge in [-0.25, -0.2) is 19.1 Å². The molecule has 146 valence electrons. The van der Waals surface area contributed by atoms with Crippen LogP contribution in [0.15, 0.2) is 58.7 Å². The SMILES string of the molecule is CC1=NN=C(Nc2nc(N(C)C(=O)Oc3ccc(F)cc3)nc3ccccc23)C1. The van der Waals surface area contributed by atoms with E-state index in [1.807, 2.05) is 31.2 Å². The van der Waals surface area contributed by atoms with E-state index in [9.17, 15) is 9.18 Å². The van der Waals surface area contributed by atoms with Crippen LogP contribution in [0.25, 0.3) is 10.9 Å². The van der Waals surface area contributed by atoms with Crippen molar-refractivity contribution in [1.82, 2.24) is 9.97 Å². The number of hydrogen-bond donors (Lipinski definition) is 1. The fourth-order valence-electron chi connectivity index (χ4n) is 2.73. The van der Waals surface area contributed by atoms with Crippen molar-refractivity contribution in [1.29, 1.82) is 0 Å². The third kappa shape index (κ3) is 4.03. The van der Waals surface area contributed by atoms with Crippen LogP contribution in [0, 0.1) is 5.82 Å². The van der Waals surface area contributed by atoms with Crippen LogP contribution in [0.5, 0.6) is 5.75 Å². The molecule has 0 unspecified atom stereocenters. The Kier molecular flexibility index (Phi) is 4.86. The van der Waals surface area contributed by atoms with E-state index in [4.69, 9.17) is 4.74 Å². The Hall–Kier alpha value is -3.88. The standard InChI is InChI=1S/C20H17FN6O2/c1-12-11-17(26-25-12)23-18-15-5-3-4-6-16(15)22-19(24-18)27(2)20(28)29-14-9-7-13(21)8-10-14/h3-10H,11H2,1-2H3,(H,22,23,24,26). The molecule has 29 heavy (non-hydrogen) atoms. The summed E-state index contributed by atoms with van der Waals surface area (Å²) >= 11 is 0. The number of nitrogens with one attached hydrogen (secondary N) is 1. The van der Waals surface area contributed by atoms with Gasteiger partial charge >= 0.3 is 6.09 Å². The van der Waals surface area contributed by atoms with Crippen molar-refractivity contribution in [3.63, 3.8) is 0 Å². The summed E-state index contributed by atoms with van der Waals surface area (Å²) in [6.45, 7) is 1.89. The lowest BCUT2D eigenvalue weighted by Gasteiger charge is -2.17. The summed E-state index contributed by atoms with van der Waals surface area (Å²) in [5.41, 5.74) is 1.55. The van der Waals surface area contributed by atoms with E-state index in [2.05, 4.69) is 25.5 Å². The number of amidine groups is 1. The summed E-state index contributed by atoms with van der Waals surface area (Å²) in [6, 6.07) is 12.6. The van der Waals surface area contributed by atoms with Gasteiger partial charge in [0, 0.05) is 24.6 Å². The maximum absolute atomic E-state index is 13.0. The van der Waals surface area contributed by atoms with E-state index >= 15 is 0 Å². The Bertz CT molecular complexity index is 1140. The van der Waals surface area contributed by atoms with Gasteiger partial charge in [0.25, 0.3) is 0 Å². The van der Waals surface area contributed by atoms with Crippen molar-refractivity contribution in [3.8, 4) is 5.75 Å². The fraction of sp³-hybridized carbons (Fsp3) is 0.150. The summed E-state index contributed by atoms with van der Waals surface area (Å²) in [4.78, 5) is 22.6. The molecule has 0 aliphatic carbocycles. The topological polar surface area (TPSA) is 92.1 Å². The molecule has 0 radical (unpaired) electrons. The van der Waals surface area contributed by atoms with E-state index < -0.39 is 11.9 Å². The summed E-state index contributed by atoms with van der Waals surface area (Å²) in [5, 5.41) is 12.1. The molecule has 1 amide bonds. The minimum atomic E-state index is -0.699. The number of rotatable bonds is 3. The predicted octanol–water partition coefficient (Wildman–Crippen LogP) is 3.99. The minimum Gasteiger partial charge on any atom is -0.410 e. The van der Waals surface area contributed by atoms with E-state index in [0.29, 0.717) is 23.6 Å². The number of carbonyl (C=O) groups is 1. The largest absolute Gasteiger partial charge is 0.421 e. The van der Waals surface area contributed by atoms with Crippen LogP contribution in [-0.2, 0) is 0 Å². The number of fused-ring (bicyclic) bond motifs is 1. The summed E-state index contributed by atoms with van der Waals surface area (Å²) in [7, 11) is 1.50. The molecule has 9 heteroatoms. The van der Waals surface area contributed by atoms with Crippen LogP contribution in [0.3, 0.4) is 0 Å². The van der Waals surface area contributed by atoms with Gasteiger partial charge in [-0.2, -0.15) is 10.1 Å². The zero-order chi connectivity index (χ0) is 20.4. The van der Waals surface area contributed by atoms with Crippen LogP contribution in [0.2, 0.25) is 0 Å². The van der Waals surface area contributed by atoms with E-state index in [1.165, 1.54) is 36.2 Å². The number of benzene rings is 2. The highest BCUT2D eigenvalue weighted by Crippen LogP contribution is 2.24. The number of halogens is 1. The molecule has 0 bridgehead atoms. The van der Waals surface area contributed by atoms with Gasteiger partial charge in [0.1, 0.15) is 23.2 Å². The second-order valence-electron chi connectivity index (χ2n) is 6.45. The molecule has 2 heterocycles. The maximum atomic E-state index is 13.0. The molecule has 1 aliphatic heterocycles. The van der Waals surface area contributed by atoms with Crippen molar-refractivity contribution in [3.05, 3.63) is 54.3 Å². The summed E-state index contributed by atoms with van der Waals surface area (Å²) in [5.74, 6) is 1.12. The molecule has 1 aromatic heterocycles. The number of carbonyl (C=O) groups excluding carboxylic acids is 1. The van der Waals surface area contributed by atoms with E-state index in [0.717, 1.165) is 11.1 Å². The Labute approximate surface area is 165 Å². The molecule has 0 spiro atoms. The molecular weight excluding hydrogens is 375 g/mol. The van der Waals surface area contributed by atoms with Gasteiger partial charge in [-0.1, -0.05) is 12.1 Å². The molecular formula is C20H17FN6O2. The quantitative estimate of drug-likeness (QED) is 0.727. The lowest BCUT2D eigenvalue weighted by atomic mass is 10.2. The van der Waals surface area contributed by atoms with Crippen molar-refractivity contribution >= 4 is 40.3 Å². The molecule has 2 aromatic carbocycles. The fourth-order valence-corrected chi connectivity index (χ4v) is 2.73. The van der Waals surface area contributed by atoms with Gasteiger partial charge in [0.2, 0.25) is 5.95 Å². The first-order valence-corrected chi connectivity index (χ1v) is 8.84. The molecule has 4 rings (SSSR count). The van der Waals surface area contributed by atoms with Gasteiger partial charge in [-0.3, -0.25) is 0 Å². The van der Waals surface area contributed by atoms with Crippen molar-refractivity contribution in [2.24, 2.45) is 10.2 Å². The number of hydrogen-bond acceptors (Lipinski definition) is 7. The molecule has 8 nitrogen and oxygen atoms in total. The Balaban J connectivity index is 1.62. The maximum Gasteiger partial charge on any atom is 0.421 e. The first-order chi connectivity index (χ1) is 14.0. The summed E-state index contributed by atoms with van der Waals surface area (Å²) < 4.78 is 18.3. The number of anilines is 2. The van der Waals surface area contributed by atoms with E-state index in [-0.39, 0.29) is 11.7 Å². The van der Waals surface area contributed by atoms with E-state index in [1.54, 1.807) is 0 Å². The van der Waals surface area contributed by atoms with Crippen molar-refractivity contribution in [2.75, 3.05) is 17.3 Å². The first kappa shape index (κ1) is 18.5. The third-order valence-corrected chi connectivity index (χ3v) is 4.21. The van der Waals surface area contributed by atoms with Crippen LogP contribution in [-0.4, -0.2) is 34.7 Å². The van der Waals surface area contributed by atoms with Gasteiger partial charge in [0.15, 0.2) is 0 Å². The van der Waals surface area contributed by atoms with Crippen LogP contribution in [0.4, 0.5) is 21.0 Å². The Morgan fingerprint density at radius 1 is 1.10 bits per heavy atom. The highest BCUT2D eigenvalue weighted by molar-refractivity contribution is 6.13. The molecule has 1 aliphatic rings. The minimum absolute atomic E-state index is 0.148. The lowest BCUT2D eigenvalue weighted by molar-refractivity contribution is 0.208. The van der Waals surface area contributed by atoms with Gasteiger partial charge in [-0.15, -0.1) is 5.10 Å². The first-order valence-electron chi connectivity index (χ1n) is 8.84. The second-order valence-corrected chi connectivity index (χ2v) is 6.45. The molecule has 0 saturated carbocycles.